The van der Waals surface area contributed by atoms with Crippen molar-refractivity contribution in [2.24, 2.45) is 0 Å². The van der Waals surface area contributed by atoms with Gasteiger partial charge in [0, 0.05) is 12.8 Å². The molecule has 1 rings (SSSR count). The zero-order chi connectivity index (χ0) is 40.1. The number of nitrogens with zero attached hydrogens (tertiary/aromatic N) is 1. The third-order valence-corrected chi connectivity index (χ3v) is 6.61. The Bertz CT molecular complexity index is 950. The van der Waals surface area contributed by atoms with E-state index in [0.717, 1.165) is 0 Å². The molecule has 1 heterocycles. The molecule has 0 N–H and O–H groups in total. The minimum atomic E-state index is -0.703. The van der Waals surface area contributed by atoms with Gasteiger partial charge < -0.3 is 66.4 Å². The van der Waals surface area contributed by atoms with Crippen LogP contribution in [0.15, 0.2) is 0 Å². The topological polar surface area (TPSA) is 201 Å². The largest absolute Gasteiger partial charge is 0.460 e. The van der Waals surface area contributed by atoms with Gasteiger partial charge >= 0.3 is 11.9 Å². The number of rotatable bonds is 40. The molecule has 0 unspecified atom stereocenters. The number of carbonyl (C=O) groups excluding carboxylic acids is 4. The minimum absolute atomic E-state index is 0.0554. The van der Waals surface area contributed by atoms with Gasteiger partial charge in [-0.2, -0.15) is 0 Å². The van der Waals surface area contributed by atoms with E-state index in [-0.39, 0.29) is 44.9 Å². The van der Waals surface area contributed by atoms with Crippen LogP contribution in [0.2, 0.25) is 0 Å². The maximum atomic E-state index is 11.7. The van der Waals surface area contributed by atoms with Crippen LogP contribution in [0.5, 0.6) is 0 Å². The van der Waals surface area contributed by atoms with E-state index in [1.807, 2.05) is 20.8 Å². The fourth-order valence-electron chi connectivity index (χ4n) is 4.03. The molecular formula is C36H65NO18. The van der Waals surface area contributed by atoms with Crippen molar-refractivity contribution in [3.8, 4) is 0 Å². The lowest BCUT2D eigenvalue weighted by Gasteiger charge is -2.19. The highest BCUT2D eigenvalue weighted by Gasteiger charge is 2.32. The number of imide groups is 1. The van der Waals surface area contributed by atoms with Crippen LogP contribution < -0.4 is 0 Å². The summed E-state index contributed by atoms with van der Waals surface area (Å²) in [6.45, 7) is 15.5. The van der Waals surface area contributed by atoms with Crippen LogP contribution in [0.1, 0.15) is 46.5 Å². The lowest BCUT2D eigenvalue weighted by molar-refractivity contribution is -0.198. The van der Waals surface area contributed by atoms with Gasteiger partial charge in [-0.1, -0.05) is 0 Å². The number of hydrogen-bond donors (Lipinski definition) is 0. The zero-order valence-corrected chi connectivity index (χ0v) is 33.1. The first-order valence-corrected chi connectivity index (χ1v) is 18.9. The molecule has 19 nitrogen and oxygen atoms in total. The van der Waals surface area contributed by atoms with Crippen LogP contribution in [-0.4, -0.2) is 193 Å². The quantitative estimate of drug-likeness (QED) is 0.0481. The van der Waals surface area contributed by atoms with Crippen molar-refractivity contribution in [1.82, 2.24) is 5.06 Å². The first-order valence-electron chi connectivity index (χ1n) is 18.9. The van der Waals surface area contributed by atoms with Gasteiger partial charge in [0.1, 0.15) is 5.60 Å². The molecule has 2 amide bonds. The molecule has 19 heteroatoms. The smallest absolute Gasteiger partial charge is 0.335 e. The molecule has 0 aromatic heterocycles. The first-order chi connectivity index (χ1) is 26.7. The van der Waals surface area contributed by atoms with Crippen molar-refractivity contribution in [2.45, 2.75) is 52.1 Å². The monoisotopic (exact) mass is 799 g/mol. The minimum Gasteiger partial charge on any atom is -0.460 e. The Kier molecular flexibility index (Phi) is 33.1. The Morgan fingerprint density at radius 1 is 0.400 bits per heavy atom. The van der Waals surface area contributed by atoms with E-state index in [0.29, 0.717) is 150 Å². The van der Waals surface area contributed by atoms with Crippen LogP contribution in [-0.2, 0) is 85.6 Å². The second kappa shape index (κ2) is 36.0. The van der Waals surface area contributed by atoms with Crippen molar-refractivity contribution in [3.05, 3.63) is 0 Å². The van der Waals surface area contributed by atoms with Gasteiger partial charge in [-0.05, 0) is 20.8 Å². The Hall–Kier alpha value is -2.40. The lowest BCUT2D eigenvalue weighted by atomic mass is 10.2. The summed E-state index contributed by atoms with van der Waals surface area (Å²) < 4.78 is 70.3. The fraction of sp³-hybridized carbons (Fsp3) is 0.889. The molecule has 0 aromatic carbocycles. The summed E-state index contributed by atoms with van der Waals surface area (Å²) in [5.41, 5.74) is -0.484. The number of carbonyl (C=O) groups is 4. The van der Waals surface area contributed by atoms with Crippen molar-refractivity contribution < 1.29 is 85.6 Å². The van der Waals surface area contributed by atoms with Crippen LogP contribution in [0, 0.1) is 0 Å². The number of hydrogen-bond acceptors (Lipinski definition) is 18. The van der Waals surface area contributed by atoms with E-state index >= 15 is 0 Å². The van der Waals surface area contributed by atoms with E-state index in [1.165, 1.54) is 0 Å². The normalized spacial score (nSPS) is 13.3. The molecule has 1 aliphatic heterocycles. The Labute approximate surface area is 324 Å². The maximum Gasteiger partial charge on any atom is 0.335 e. The second-order valence-corrected chi connectivity index (χ2v) is 12.5. The number of hydroxylamine groups is 2. The van der Waals surface area contributed by atoms with Gasteiger partial charge in [-0.25, -0.2) is 4.79 Å². The van der Waals surface area contributed by atoms with Gasteiger partial charge in [-0.3, -0.25) is 14.4 Å². The van der Waals surface area contributed by atoms with E-state index in [2.05, 4.69) is 0 Å². The average Bonchev–Trinajstić information content (AvgIpc) is 3.45. The predicted molar refractivity (Wildman–Crippen MR) is 192 cm³/mol. The summed E-state index contributed by atoms with van der Waals surface area (Å²) in [5, 5.41) is 0.516. The molecule has 1 saturated heterocycles. The molecule has 1 fully saturated rings. The van der Waals surface area contributed by atoms with E-state index in [1.54, 1.807) is 0 Å². The molecule has 0 aromatic rings. The highest BCUT2D eigenvalue weighted by molar-refractivity contribution is 6.01. The Morgan fingerprint density at radius 3 is 0.855 bits per heavy atom. The molecule has 55 heavy (non-hydrogen) atoms. The molecule has 0 radical (unpaired) electrons. The molecule has 322 valence electrons. The summed E-state index contributed by atoms with van der Waals surface area (Å²) in [5.74, 6) is -2.00. The van der Waals surface area contributed by atoms with Crippen LogP contribution in [0.3, 0.4) is 0 Å². The van der Waals surface area contributed by atoms with Gasteiger partial charge in [-0.15, -0.1) is 5.06 Å². The van der Waals surface area contributed by atoms with Crippen molar-refractivity contribution in [1.29, 1.82) is 0 Å². The summed E-state index contributed by atoms with van der Waals surface area (Å²) in [6, 6.07) is 0. The lowest BCUT2D eigenvalue weighted by Crippen LogP contribution is -2.32. The van der Waals surface area contributed by atoms with E-state index < -0.39 is 23.4 Å². The molecular weight excluding hydrogens is 734 g/mol. The van der Waals surface area contributed by atoms with Crippen molar-refractivity contribution in [2.75, 3.05) is 159 Å². The molecule has 0 bridgehead atoms. The highest BCUT2D eigenvalue weighted by atomic mass is 16.7. The molecule has 0 spiro atoms. The Balaban J connectivity index is 1.65. The molecule has 0 atom stereocenters. The van der Waals surface area contributed by atoms with Crippen LogP contribution in [0.25, 0.3) is 0 Å². The van der Waals surface area contributed by atoms with E-state index in [4.69, 9.17) is 66.4 Å². The van der Waals surface area contributed by atoms with E-state index in [9.17, 15) is 19.2 Å². The Morgan fingerprint density at radius 2 is 0.618 bits per heavy atom. The predicted octanol–water partition coefficient (Wildman–Crippen LogP) is 0.915. The number of ether oxygens (including phenoxy) is 13. The second-order valence-electron chi connectivity index (χ2n) is 12.5. The maximum absolute atomic E-state index is 11.7. The third-order valence-electron chi connectivity index (χ3n) is 6.61. The summed E-state index contributed by atoms with van der Waals surface area (Å²) in [6.07, 6.45) is 0.254. The number of amides is 2. The molecule has 0 aliphatic carbocycles. The SMILES string of the molecule is CC(C)(C)OC(=O)CCOCCOCCOCCOCCOCCOCCOCCOCCOCCOCCOCCOCCC(=O)ON1C(=O)CCC1=O. The van der Waals surface area contributed by atoms with Crippen molar-refractivity contribution >= 4 is 23.8 Å². The zero-order valence-electron chi connectivity index (χ0n) is 33.1. The van der Waals surface area contributed by atoms with Gasteiger partial charge in [0.25, 0.3) is 11.8 Å². The van der Waals surface area contributed by atoms with Crippen LogP contribution >= 0.6 is 0 Å². The average molecular weight is 800 g/mol. The number of esters is 1. The first kappa shape index (κ1) is 50.6. The van der Waals surface area contributed by atoms with Crippen LogP contribution in [0.4, 0.5) is 0 Å². The van der Waals surface area contributed by atoms with Crippen molar-refractivity contribution in [3.63, 3.8) is 0 Å². The standard InChI is InChI=1S/C36H65NO18/c1-36(2,3)54-34(40)6-8-42-10-12-44-14-16-46-18-20-48-22-24-50-26-28-52-30-31-53-29-27-51-25-23-49-21-19-47-17-15-45-13-11-43-9-7-35(41)55-37-32(38)4-5-33(37)39/h4-31H2,1-3H3. The summed E-state index contributed by atoms with van der Waals surface area (Å²) >= 11 is 0. The highest BCUT2D eigenvalue weighted by Crippen LogP contribution is 2.12. The summed E-state index contributed by atoms with van der Waals surface area (Å²) in [4.78, 5) is 50.8. The molecule has 1 aliphatic rings. The van der Waals surface area contributed by atoms with Gasteiger partial charge in [0.05, 0.1) is 171 Å². The third kappa shape index (κ3) is 34.6. The van der Waals surface area contributed by atoms with Gasteiger partial charge in [0.15, 0.2) is 0 Å². The summed E-state index contributed by atoms with van der Waals surface area (Å²) in [7, 11) is 0. The van der Waals surface area contributed by atoms with Gasteiger partial charge in [0.2, 0.25) is 0 Å². The molecule has 0 saturated carbocycles. The fourth-order valence-corrected chi connectivity index (χ4v) is 4.03.